The number of carbonyl (C=O) groups is 1. The van der Waals surface area contributed by atoms with Crippen LogP contribution in [0.25, 0.3) is 0 Å². The first-order valence-corrected chi connectivity index (χ1v) is 4.65. The highest BCUT2D eigenvalue weighted by atomic mass is 35.5. The number of hydrogen-bond donors (Lipinski definition) is 2. The summed E-state index contributed by atoms with van der Waals surface area (Å²) in [4.78, 5) is 10.8. The number of ether oxygens (including phenoxy) is 1. The predicted molar refractivity (Wildman–Crippen MR) is 55.7 cm³/mol. The molecule has 0 heterocycles. The number of phenolic OH excluding ortho intramolecular Hbond substituents is 1. The van der Waals surface area contributed by atoms with Gasteiger partial charge in [-0.15, -0.1) is 0 Å². The summed E-state index contributed by atoms with van der Waals surface area (Å²) in [6.45, 7) is 1.48. The molecule has 0 aliphatic rings. The van der Waals surface area contributed by atoms with Gasteiger partial charge in [0.1, 0.15) is 0 Å². The normalized spacial score (nSPS) is 12.2. The van der Waals surface area contributed by atoms with Crippen LogP contribution in [0.5, 0.6) is 11.5 Å². The van der Waals surface area contributed by atoms with Crippen molar-refractivity contribution in [2.45, 2.75) is 12.8 Å². The van der Waals surface area contributed by atoms with E-state index in [-0.39, 0.29) is 22.1 Å². The van der Waals surface area contributed by atoms with E-state index in [9.17, 15) is 9.90 Å². The van der Waals surface area contributed by atoms with Gasteiger partial charge < -0.3 is 14.9 Å². The van der Waals surface area contributed by atoms with Gasteiger partial charge >= 0.3 is 5.97 Å². The molecule has 15 heavy (non-hydrogen) atoms. The molecule has 0 aliphatic carbocycles. The van der Waals surface area contributed by atoms with Gasteiger partial charge in [-0.1, -0.05) is 17.7 Å². The minimum absolute atomic E-state index is 0.0993. The Morgan fingerprint density at radius 2 is 2.13 bits per heavy atom. The number of halogens is 1. The molecule has 4 nitrogen and oxygen atoms in total. The highest BCUT2D eigenvalue weighted by Crippen LogP contribution is 2.39. The molecule has 1 atom stereocenters. The van der Waals surface area contributed by atoms with Crippen LogP contribution in [-0.4, -0.2) is 23.3 Å². The van der Waals surface area contributed by atoms with Gasteiger partial charge in [0.25, 0.3) is 0 Å². The third-order valence-corrected chi connectivity index (χ3v) is 2.45. The summed E-state index contributed by atoms with van der Waals surface area (Å²) in [6, 6.07) is 2.97. The molecule has 1 aromatic carbocycles. The van der Waals surface area contributed by atoms with E-state index < -0.39 is 11.9 Å². The van der Waals surface area contributed by atoms with Gasteiger partial charge in [0.2, 0.25) is 0 Å². The van der Waals surface area contributed by atoms with Gasteiger partial charge in [0.05, 0.1) is 18.1 Å². The van der Waals surface area contributed by atoms with Crippen LogP contribution in [0.1, 0.15) is 18.4 Å². The van der Waals surface area contributed by atoms with Crippen LogP contribution < -0.4 is 4.74 Å². The quantitative estimate of drug-likeness (QED) is 0.836. The minimum atomic E-state index is -1.02. The molecule has 0 amide bonds. The SMILES string of the molecule is COc1c(Cl)ccc(C(C)C(=O)O)c1O. The van der Waals surface area contributed by atoms with Crippen LogP contribution in [0.4, 0.5) is 0 Å². The molecule has 0 spiro atoms. The van der Waals surface area contributed by atoms with Gasteiger partial charge in [0, 0.05) is 5.56 Å². The lowest BCUT2D eigenvalue weighted by molar-refractivity contribution is -0.138. The van der Waals surface area contributed by atoms with E-state index in [2.05, 4.69) is 0 Å². The highest BCUT2D eigenvalue weighted by molar-refractivity contribution is 6.32. The maximum absolute atomic E-state index is 10.8. The third kappa shape index (κ3) is 2.15. The first-order chi connectivity index (χ1) is 6.99. The molecule has 0 saturated carbocycles. The molecule has 0 aromatic heterocycles. The zero-order valence-electron chi connectivity index (χ0n) is 8.32. The molecule has 2 N–H and O–H groups in total. The Labute approximate surface area is 92.1 Å². The number of phenols is 1. The third-order valence-electron chi connectivity index (χ3n) is 2.16. The summed E-state index contributed by atoms with van der Waals surface area (Å²) in [6.07, 6.45) is 0. The summed E-state index contributed by atoms with van der Waals surface area (Å²) in [5.41, 5.74) is 0.281. The van der Waals surface area contributed by atoms with Crippen molar-refractivity contribution in [2.75, 3.05) is 7.11 Å². The van der Waals surface area contributed by atoms with Crippen LogP contribution in [0.15, 0.2) is 12.1 Å². The van der Waals surface area contributed by atoms with Crippen molar-refractivity contribution in [2.24, 2.45) is 0 Å². The smallest absolute Gasteiger partial charge is 0.310 e. The fourth-order valence-corrected chi connectivity index (χ4v) is 1.47. The van der Waals surface area contributed by atoms with Crippen molar-refractivity contribution in [1.29, 1.82) is 0 Å². The Balaban J connectivity index is 3.27. The lowest BCUT2D eigenvalue weighted by Crippen LogP contribution is -2.07. The maximum Gasteiger partial charge on any atom is 0.310 e. The standard InChI is InChI=1S/C10H11ClO4/c1-5(10(13)14)6-3-4-7(11)9(15-2)8(6)12/h3-5,12H,1-2H3,(H,13,14). The number of benzene rings is 1. The maximum atomic E-state index is 10.8. The summed E-state index contributed by atoms with van der Waals surface area (Å²) < 4.78 is 4.87. The second-order valence-electron chi connectivity index (χ2n) is 3.08. The average molecular weight is 231 g/mol. The van der Waals surface area contributed by atoms with E-state index in [4.69, 9.17) is 21.4 Å². The van der Waals surface area contributed by atoms with Crippen molar-refractivity contribution in [3.05, 3.63) is 22.7 Å². The van der Waals surface area contributed by atoms with Crippen molar-refractivity contribution in [3.8, 4) is 11.5 Å². The van der Waals surface area contributed by atoms with Crippen molar-refractivity contribution < 1.29 is 19.7 Å². The number of carboxylic acid groups (broad SMARTS) is 1. The fraction of sp³-hybridized carbons (Fsp3) is 0.300. The van der Waals surface area contributed by atoms with Gasteiger partial charge in [0.15, 0.2) is 11.5 Å². The van der Waals surface area contributed by atoms with E-state index in [0.717, 1.165) is 0 Å². The second-order valence-corrected chi connectivity index (χ2v) is 3.49. The Bertz CT molecular complexity index is 389. The monoisotopic (exact) mass is 230 g/mol. The molecule has 82 valence electrons. The number of rotatable bonds is 3. The van der Waals surface area contributed by atoms with Crippen LogP contribution in [0, 0.1) is 0 Å². The molecule has 5 heteroatoms. The minimum Gasteiger partial charge on any atom is -0.504 e. The topological polar surface area (TPSA) is 66.8 Å². The average Bonchev–Trinajstić information content (AvgIpc) is 2.17. The first kappa shape index (κ1) is 11.7. The summed E-state index contributed by atoms with van der Waals surface area (Å²) in [5.74, 6) is -1.95. The molecule has 0 bridgehead atoms. The van der Waals surface area contributed by atoms with E-state index in [1.165, 1.54) is 26.2 Å². The van der Waals surface area contributed by atoms with Crippen molar-refractivity contribution in [3.63, 3.8) is 0 Å². The molecule has 0 saturated heterocycles. The number of aliphatic carboxylic acids is 1. The Hall–Kier alpha value is -1.42. The molecule has 0 fully saturated rings. The Morgan fingerprint density at radius 1 is 1.53 bits per heavy atom. The van der Waals surface area contributed by atoms with E-state index in [1.54, 1.807) is 0 Å². The van der Waals surface area contributed by atoms with E-state index in [0.29, 0.717) is 0 Å². The lowest BCUT2D eigenvalue weighted by atomic mass is 10.00. The molecule has 0 aliphatic heterocycles. The zero-order chi connectivity index (χ0) is 11.6. The van der Waals surface area contributed by atoms with Crippen LogP contribution >= 0.6 is 11.6 Å². The highest BCUT2D eigenvalue weighted by Gasteiger charge is 2.21. The predicted octanol–water partition coefficient (Wildman–Crippen LogP) is 2.24. The van der Waals surface area contributed by atoms with Gasteiger partial charge in [-0.2, -0.15) is 0 Å². The van der Waals surface area contributed by atoms with Crippen molar-refractivity contribution in [1.82, 2.24) is 0 Å². The van der Waals surface area contributed by atoms with Crippen LogP contribution in [0.2, 0.25) is 5.02 Å². The van der Waals surface area contributed by atoms with E-state index in [1.807, 2.05) is 0 Å². The molecule has 1 rings (SSSR count). The Kier molecular flexibility index (Phi) is 3.42. The van der Waals surface area contributed by atoms with Gasteiger partial charge in [-0.3, -0.25) is 4.79 Å². The molecule has 1 unspecified atom stereocenters. The number of hydrogen-bond acceptors (Lipinski definition) is 3. The number of aromatic hydroxyl groups is 1. The zero-order valence-corrected chi connectivity index (χ0v) is 9.08. The van der Waals surface area contributed by atoms with Crippen LogP contribution in [-0.2, 0) is 4.79 Å². The molecule has 0 radical (unpaired) electrons. The molecular weight excluding hydrogens is 220 g/mol. The van der Waals surface area contributed by atoms with Crippen LogP contribution in [0.3, 0.4) is 0 Å². The Morgan fingerprint density at radius 3 is 2.60 bits per heavy atom. The largest absolute Gasteiger partial charge is 0.504 e. The molecule has 1 aromatic rings. The summed E-state index contributed by atoms with van der Waals surface area (Å²) >= 11 is 5.75. The summed E-state index contributed by atoms with van der Waals surface area (Å²) in [5, 5.41) is 18.8. The fourth-order valence-electron chi connectivity index (χ4n) is 1.24. The van der Waals surface area contributed by atoms with Gasteiger partial charge in [-0.25, -0.2) is 0 Å². The van der Waals surface area contributed by atoms with Crippen molar-refractivity contribution >= 4 is 17.6 Å². The van der Waals surface area contributed by atoms with E-state index >= 15 is 0 Å². The second kappa shape index (κ2) is 4.40. The number of methoxy groups -OCH3 is 1. The van der Waals surface area contributed by atoms with Gasteiger partial charge in [-0.05, 0) is 13.0 Å². The lowest BCUT2D eigenvalue weighted by Gasteiger charge is -2.12. The first-order valence-electron chi connectivity index (χ1n) is 4.27. The molecular formula is C10H11ClO4. The number of carboxylic acids is 1. The summed E-state index contributed by atoms with van der Waals surface area (Å²) in [7, 11) is 1.36.